The fourth-order valence-corrected chi connectivity index (χ4v) is 3.18. The predicted molar refractivity (Wildman–Crippen MR) is 88.7 cm³/mol. The van der Waals surface area contributed by atoms with Crippen molar-refractivity contribution in [1.82, 2.24) is 20.6 Å². The average Bonchev–Trinajstić information content (AvgIpc) is 3.21. The lowest BCUT2D eigenvalue weighted by atomic mass is 10.1. The Morgan fingerprint density at radius 1 is 1.35 bits per heavy atom. The van der Waals surface area contributed by atoms with Crippen molar-refractivity contribution in [3.63, 3.8) is 0 Å². The Bertz CT molecular complexity index is 918. The van der Waals surface area contributed by atoms with Crippen molar-refractivity contribution in [3.05, 3.63) is 52.5 Å². The normalized spacial score (nSPS) is 13.8. The molecule has 0 bridgehead atoms. The zero-order valence-corrected chi connectivity index (χ0v) is 12.8. The molecule has 0 radical (unpaired) electrons. The molecule has 2 aromatic heterocycles. The summed E-state index contributed by atoms with van der Waals surface area (Å²) in [6.07, 6.45) is 4.62. The number of para-hydroxylation sites is 1. The quantitative estimate of drug-likeness (QED) is 0.513. The Morgan fingerprint density at radius 3 is 3.13 bits per heavy atom. The van der Waals surface area contributed by atoms with Gasteiger partial charge in [0.05, 0.1) is 6.21 Å². The molecule has 1 aliphatic carbocycles. The first-order chi connectivity index (χ1) is 11.2. The molecule has 0 unspecified atom stereocenters. The zero-order valence-electron chi connectivity index (χ0n) is 12.8. The van der Waals surface area contributed by atoms with Crippen LogP contribution in [-0.4, -0.2) is 27.3 Å². The molecule has 6 heteroatoms. The molecule has 23 heavy (non-hydrogen) atoms. The van der Waals surface area contributed by atoms with Gasteiger partial charge in [-0.1, -0.05) is 18.2 Å². The Kier molecular flexibility index (Phi) is 3.22. The second-order valence-electron chi connectivity index (χ2n) is 5.79. The molecule has 0 aliphatic heterocycles. The summed E-state index contributed by atoms with van der Waals surface area (Å²) in [6.45, 7) is 1.99. The van der Waals surface area contributed by atoms with Crippen LogP contribution in [0.15, 0.2) is 29.4 Å². The molecule has 1 amide bonds. The molecule has 3 aromatic rings. The number of nitrogens with zero attached hydrogens (tertiary/aromatic N) is 2. The van der Waals surface area contributed by atoms with Gasteiger partial charge in [-0.15, -0.1) is 0 Å². The molecule has 1 aromatic carbocycles. The topological polar surface area (TPSA) is 85.9 Å². The van der Waals surface area contributed by atoms with Crippen LogP contribution in [0.4, 0.5) is 0 Å². The van der Waals surface area contributed by atoms with Crippen molar-refractivity contribution < 1.29 is 4.79 Å². The molecule has 1 aliphatic rings. The van der Waals surface area contributed by atoms with E-state index in [1.54, 1.807) is 6.21 Å². The molecule has 3 N–H and O–H groups in total. The lowest BCUT2D eigenvalue weighted by Gasteiger charge is -1.98. The highest BCUT2D eigenvalue weighted by Crippen LogP contribution is 2.22. The van der Waals surface area contributed by atoms with Crippen LogP contribution in [0.25, 0.3) is 10.9 Å². The van der Waals surface area contributed by atoms with Crippen LogP contribution >= 0.6 is 0 Å². The second kappa shape index (κ2) is 5.39. The van der Waals surface area contributed by atoms with Crippen molar-refractivity contribution in [3.8, 4) is 0 Å². The number of carbonyl (C=O) groups excluding carboxylic acids is 1. The van der Waals surface area contributed by atoms with E-state index >= 15 is 0 Å². The highest BCUT2D eigenvalue weighted by Gasteiger charge is 2.22. The maximum absolute atomic E-state index is 12.2. The summed E-state index contributed by atoms with van der Waals surface area (Å²) in [6, 6.07) is 8.02. The summed E-state index contributed by atoms with van der Waals surface area (Å²) >= 11 is 0. The van der Waals surface area contributed by atoms with E-state index < -0.39 is 0 Å². The lowest BCUT2D eigenvalue weighted by molar-refractivity contribution is 0.0949. The first-order valence-corrected chi connectivity index (χ1v) is 7.71. The molecule has 0 spiro atoms. The molecule has 116 valence electrons. The van der Waals surface area contributed by atoms with Crippen molar-refractivity contribution >= 4 is 23.0 Å². The Labute approximate surface area is 133 Å². The van der Waals surface area contributed by atoms with Crippen LogP contribution in [0.1, 0.15) is 39.4 Å². The molecule has 4 rings (SSSR count). The van der Waals surface area contributed by atoms with Gasteiger partial charge >= 0.3 is 0 Å². The number of hydrogen-bond acceptors (Lipinski definition) is 3. The van der Waals surface area contributed by atoms with Gasteiger partial charge in [0.25, 0.3) is 5.91 Å². The number of rotatable bonds is 3. The van der Waals surface area contributed by atoms with Crippen LogP contribution in [0.3, 0.4) is 0 Å². The highest BCUT2D eigenvalue weighted by molar-refractivity contribution is 6.01. The van der Waals surface area contributed by atoms with Crippen LogP contribution < -0.4 is 5.43 Å². The Morgan fingerprint density at radius 2 is 2.22 bits per heavy atom. The monoisotopic (exact) mass is 307 g/mol. The van der Waals surface area contributed by atoms with Gasteiger partial charge in [0.2, 0.25) is 0 Å². The number of aromatic nitrogens is 3. The summed E-state index contributed by atoms with van der Waals surface area (Å²) < 4.78 is 0. The van der Waals surface area contributed by atoms with Gasteiger partial charge in [-0.3, -0.25) is 9.89 Å². The summed E-state index contributed by atoms with van der Waals surface area (Å²) in [5, 5.41) is 12.2. The van der Waals surface area contributed by atoms with Crippen LogP contribution in [0.2, 0.25) is 0 Å². The number of fused-ring (bicyclic) bond motifs is 2. The third kappa shape index (κ3) is 2.32. The van der Waals surface area contributed by atoms with Crippen molar-refractivity contribution in [2.45, 2.75) is 26.2 Å². The number of carbonyl (C=O) groups is 1. The minimum atomic E-state index is -0.266. The first-order valence-electron chi connectivity index (χ1n) is 7.71. The summed E-state index contributed by atoms with van der Waals surface area (Å²) in [7, 11) is 0. The molecule has 2 heterocycles. The number of aryl methyl sites for hydroxylation is 2. The molecule has 0 saturated heterocycles. The standard InChI is InChI=1S/C17H17N5O/c1-10-13(11-5-2-3-7-14(11)19-10)9-18-22-17(23)16-12-6-4-8-15(12)20-21-16/h2-3,5,7,9,19H,4,6,8H2,1H3,(H,20,21)(H,22,23)/b18-9-. The second-order valence-corrected chi connectivity index (χ2v) is 5.79. The number of nitrogens with one attached hydrogen (secondary N) is 3. The highest BCUT2D eigenvalue weighted by atomic mass is 16.2. The van der Waals surface area contributed by atoms with E-state index in [1.165, 1.54) is 0 Å². The Hall–Kier alpha value is -2.89. The summed E-state index contributed by atoms with van der Waals surface area (Å²) in [4.78, 5) is 15.5. The number of hydrazone groups is 1. The average molecular weight is 307 g/mol. The van der Waals surface area contributed by atoms with Crippen molar-refractivity contribution in [2.75, 3.05) is 0 Å². The number of benzene rings is 1. The first kappa shape index (κ1) is 13.8. The van der Waals surface area contributed by atoms with Gasteiger partial charge in [0, 0.05) is 33.4 Å². The van der Waals surface area contributed by atoms with Gasteiger partial charge in [-0.2, -0.15) is 10.2 Å². The smallest absolute Gasteiger partial charge is 0.292 e. The summed E-state index contributed by atoms with van der Waals surface area (Å²) in [5.74, 6) is -0.266. The minimum absolute atomic E-state index is 0.266. The van der Waals surface area contributed by atoms with E-state index in [1.807, 2.05) is 31.2 Å². The van der Waals surface area contributed by atoms with Gasteiger partial charge in [0.15, 0.2) is 5.69 Å². The van der Waals surface area contributed by atoms with E-state index in [0.717, 1.165) is 52.7 Å². The van der Waals surface area contributed by atoms with Crippen molar-refractivity contribution in [2.24, 2.45) is 5.10 Å². The van der Waals surface area contributed by atoms with Gasteiger partial charge in [-0.05, 0) is 32.3 Å². The van der Waals surface area contributed by atoms with Crippen LogP contribution in [-0.2, 0) is 12.8 Å². The molecule has 0 saturated carbocycles. The molecule has 6 nitrogen and oxygen atoms in total. The maximum Gasteiger partial charge on any atom is 0.292 e. The maximum atomic E-state index is 12.2. The van der Waals surface area contributed by atoms with Crippen LogP contribution in [0.5, 0.6) is 0 Å². The number of H-pyrrole nitrogens is 2. The van der Waals surface area contributed by atoms with Gasteiger partial charge in [-0.25, -0.2) is 5.43 Å². The molecular formula is C17H17N5O. The van der Waals surface area contributed by atoms with E-state index in [2.05, 4.69) is 25.7 Å². The van der Waals surface area contributed by atoms with Gasteiger partial charge < -0.3 is 4.98 Å². The fourth-order valence-electron chi connectivity index (χ4n) is 3.18. The SMILES string of the molecule is Cc1[nH]c2ccccc2c1/C=N\NC(=O)c1n[nH]c2c1CCC2. The van der Waals surface area contributed by atoms with E-state index in [9.17, 15) is 4.79 Å². The largest absolute Gasteiger partial charge is 0.358 e. The number of amides is 1. The molecule has 0 atom stereocenters. The third-order valence-corrected chi connectivity index (χ3v) is 4.32. The minimum Gasteiger partial charge on any atom is -0.358 e. The summed E-state index contributed by atoms with van der Waals surface area (Å²) in [5.41, 5.74) is 8.20. The lowest BCUT2D eigenvalue weighted by Crippen LogP contribution is -2.19. The molecule has 0 fully saturated rings. The molecular weight excluding hydrogens is 290 g/mol. The van der Waals surface area contributed by atoms with Crippen molar-refractivity contribution in [1.29, 1.82) is 0 Å². The van der Waals surface area contributed by atoms with Crippen LogP contribution in [0, 0.1) is 6.92 Å². The Balaban J connectivity index is 1.55. The van der Waals surface area contributed by atoms with E-state index in [0.29, 0.717) is 5.69 Å². The zero-order chi connectivity index (χ0) is 15.8. The predicted octanol–water partition coefficient (Wildman–Crippen LogP) is 2.45. The third-order valence-electron chi connectivity index (χ3n) is 4.32. The van der Waals surface area contributed by atoms with Gasteiger partial charge in [0.1, 0.15) is 0 Å². The number of hydrogen-bond donors (Lipinski definition) is 3. The fraction of sp³-hybridized carbons (Fsp3) is 0.235. The number of aromatic amines is 2. The van der Waals surface area contributed by atoms with E-state index in [4.69, 9.17) is 0 Å². The van der Waals surface area contributed by atoms with E-state index in [-0.39, 0.29) is 5.91 Å².